The molecule has 1 rings (SSSR count). The molecule has 1 unspecified atom stereocenters. The number of aryl methyl sites for hydroxylation is 1. The molecule has 0 saturated carbocycles. The zero-order valence-electron chi connectivity index (χ0n) is 10.8. The van der Waals surface area contributed by atoms with Crippen LogP contribution in [0.15, 0.2) is 0 Å². The maximum Gasteiger partial charge on any atom is 0.224 e. The summed E-state index contributed by atoms with van der Waals surface area (Å²) in [5.41, 5.74) is 7.16. The van der Waals surface area contributed by atoms with Crippen molar-refractivity contribution in [3.05, 3.63) is 11.0 Å². The average Bonchev–Trinajstić information content (AvgIpc) is 2.22. The van der Waals surface area contributed by atoms with Crippen LogP contribution in [0.25, 0.3) is 0 Å². The Hall–Kier alpha value is -1.07. The van der Waals surface area contributed by atoms with Crippen LogP contribution < -0.4 is 11.1 Å². The summed E-state index contributed by atoms with van der Waals surface area (Å²) in [5, 5.41) is 3.48. The Morgan fingerprint density at radius 3 is 2.65 bits per heavy atom. The number of anilines is 2. The SMILES string of the molecule is Cc1nc(Cl)nc(NC(C)CCN(C)C)c1N. The molecule has 5 nitrogen and oxygen atoms in total. The van der Waals surface area contributed by atoms with Gasteiger partial charge in [0.05, 0.1) is 11.4 Å². The molecule has 1 heterocycles. The van der Waals surface area contributed by atoms with E-state index in [1.54, 1.807) is 0 Å². The first kappa shape index (κ1) is 14.0. The summed E-state index contributed by atoms with van der Waals surface area (Å²) in [7, 11) is 4.10. The van der Waals surface area contributed by atoms with Crippen LogP contribution in [-0.2, 0) is 0 Å². The molecule has 0 spiro atoms. The van der Waals surface area contributed by atoms with E-state index in [2.05, 4.69) is 27.1 Å². The first-order valence-electron chi connectivity index (χ1n) is 5.61. The van der Waals surface area contributed by atoms with Crippen LogP contribution in [0.5, 0.6) is 0 Å². The summed E-state index contributed by atoms with van der Waals surface area (Å²) < 4.78 is 0. The summed E-state index contributed by atoms with van der Waals surface area (Å²) in [5.74, 6) is 0.619. The van der Waals surface area contributed by atoms with Gasteiger partial charge in [-0.2, -0.15) is 4.98 Å². The van der Waals surface area contributed by atoms with Crippen molar-refractivity contribution in [2.45, 2.75) is 26.3 Å². The van der Waals surface area contributed by atoms with Crippen LogP contribution in [0.4, 0.5) is 11.5 Å². The monoisotopic (exact) mass is 257 g/mol. The van der Waals surface area contributed by atoms with E-state index in [4.69, 9.17) is 17.3 Å². The van der Waals surface area contributed by atoms with Crippen molar-refractivity contribution >= 4 is 23.1 Å². The van der Waals surface area contributed by atoms with Crippen LogP contribution in [-0.4, -0.2) is 41.5 Å². The third-order valence-electron chi connectivity index (χ3n) is 2.50. The van der Waals surface area contributed by atoms with Crippen molar-refractivity contribution in [3.63, 3.8) is 0 Å². The summed E-state index contributed by atoms with van der Waals surface area (Å²) >= 11 is 5.81. The molecule has 1 atom stereocenters. The maximum atomic E-state index is 5.90. The highest BCUT2D eigenvalue weighted by atomic mass is 35.5. The standard InChI is InChI=1S/C11H20ClN5/c1-7(5-6-17(3)4)14-10-9(13)8(2)15-11(12)16-10/h7H,5-6,13H2,1-4H3,(H,14,15,16). The predicted octanol–water partition coefficient (Wildman–Crippen LogP) is 1.77. The molecule has 0 fully saturated rings. The van der Waals surface area contributed by atoms with Gasteiger partial charge < -0.3 is 16.0 Å². The van der Waals surface area contributed by atoms with Gasteiger partial charge in [-0.25, -0.2) is 4.98 Å². The maximum absolute atomic E-state index is 5.90. The second kappa shape index (κ2) is 6.02. The van der Waals surface area contributed by atoms with E-state index in [9.17, 15) is 0 Å². The summed E-state index contributed by atoms with van der Waals surface area (Å²) in [6.07, 6.45) is 1.01. The zero-order chi connectivity index (χ0) is 13.0. The second-order valence-corrected chi connectivity index (χ2v) is 4.82. The highest BCUT2D eigenvalue weighted by Gasteiger charge is 2.10. The van der Waals surface area contributed by atoms with Gasteiger partial charge >= 0.3 is 0 Å². The van der Waals surface area contributed by atoms with Gasteiger partial charge in [0.2, 0.25) is 5.28 Å². The summed E-state index contributed by atoms with van der Waals surface area (Å²) in [6.45, 7) is 4.92. The van der Waals surface area contributed by atoms with Gasteiger partial charge in [0.1, 0.15) is 0 Å². The Morgan fingerprint density at radius 2 is 2.06 bits per heavy atom. The third kappa shape index (κ3) is 4.36. The fraction of sp³-hybridized carbons (Fsp3) is 0.636. The Bertz CT molecular complexity index is 380. The lowest BCUT2D eigenvalue weighted by atomic mass is 10.2. The molecule has 0 bridgehead atoms. The number of hydrogen-bond acceptors (Lipinski definition) is 5. The highest BCUT2D eigenvalue weighted by Crippen LogP contribution is 2.21. The smallest absolute Gasteiger partial charge is 0.224 e. The lowest BCUT2D eigenvalue weighted by molar-refractivity contribution is 0.390. The van der Waals surface area contributed by atoms with E-state index in [1.165, 1.54) is 0 Å². The molecule has 1 aromatic heterocycles. The quantitative estimate of drug-likeness (QED) is 0.787. The second-order valence-electron chi connectivity index (χ2n) is 4.48. The topological polar surface area (TPSA) is 67.1 Å². The zero-order valence-corrected chi connectivity index (χ0v) is 11.5. The van der Waals surface area contributed by atoms with E-state index in [0.717, 1.165) is 13.0 Å². The Kier molecular flexibility index (Phi) is 4.96. The number of nitrogen functional groups attached to an aromatic ring is 1. The molecule has 0 aromatic carbocycles. The van der Waals surface area contributed by atoms with Crippen molar-refractivity contribution in [3.8, 4) is 0 Å². The molecule has 3 N–H and O–H groups in total. The van der Waals surface area contributed by atoms with Crippen LogP contribution in [0.1, 0.15) is 19.0 Å². The molecule has 1 aromatic rings. The number of nitrogens with two attached hydrogens (primary N) is 1. The highest BCUT2D eigenvalue weighted by molar-refractivity contribution is 6.28. The van der Waals surface area contributed by atoms with Gasteiger partial charge in [-0.3, -0.25) is 0 Å². The molecule has 0 aliphatic heterocycles. The minimum atomic E-state index is 0.221. The fourth-order valence-corrected chi connectivity index (χ4v) is 1.63. The van der Waals surface area contributed by atoms with Gasteiger partial charge in [-0.15, -0.1) is 0 Å². The predicted molar refractivity (Wildman–Crippen MR) is 72.4 cm³/mol. The molecule has 6 heteroatoms. The summed E-state index contributed by atoms with van der Waals surface area (Å²) in [4.78, 5) is 10.2. The first-order valence-corrected chi connectivity index (χ1v) is 5.98. The molecule has 0 amide bonds. The van der Waals surface area contributed by atoms with Gasteiger partial charge in [0.15, 0.2) is 5.82 Å². The number of aromatic nitrogens is 2. The lowest BCUT2D eigenvalue weighted by Crippen LogP contribution is -2.24. The summed E-state index contributed by atoms with van der Waals surface area (Å²) in [6, 6.07) is 0.282. The molecule has 0 saturated heterocycles. The van der Waals surface area contributed by atoms with Crippen molar-refractivity contribution in [2.24, 2.45) is 0 Å². The Labute approximate surface area is 107 Å². The van der Waals surface area contributed by atoms with Gasteiger partial charge in [0.25, 0.3) is 0 Å². The number of nitrogens with zero attached hydrogens (tertiary/aromatic N) is 3. The van der Waals surface area contributed by atoms with Crippen molar-refractivity contribution in [1.29, 1.82) is 0 Å². The number of hydrogen-bond donors (Lipinski definition) is 2. The van der Waals surface area contributed by atoms with Crippen LogP contribution in [0.3, 0.4) is 0 Å². The van der Waals surface area contributed by atoms with Crippen LogP contribution >= 0.6 is 11.6 Å². The molecule has 17 heavy (non-hydrogen) atoms. The minimum Gasteiger partial charge on any atom is -0.394 e. The third-order valence-corrected chi connectivity index (χ3v) is 2.67. The first-order chi connectivity index (χ1) is 7.90. The molecule has 0 radical (unpaired) electrons. The molecular weight excluding hydrogens is 238 g/mol. The van der Waals surface area contributed by atoms with Gasteiger partial charge in [0, 0.05) is 6.04 Å². The molecular formula is C11H20ClN5. The normalized spacial score (nSPS) is 12.8. The van der Waals surface area contributed by atoms with E-state index in [-0.39, 0.29) is 11.3 Å². The molecule has 0 aliphatic carbocycles. The molecule has 0 aliphatic rings. The van der Waals surface area contributed by atoms with E-state index >= 15 is 0 Å². The van der Waals surface area contributed by atoms with Crippen molar-refractivity contribution in [1.82, 2.24) is 14.9 Å². The van der Waals surface area contributed by atoms with E-state index < -0.39 is 0 Å². The van der Waals surface area contributed by atoms with E-state index in [0.29, 0.717) is 17.2 Å². The van der Waals surface area contributed by atoms with Crippen LogP contribution in [0.2, 0.25) is 5.28 Å². The van der Waals surface area contributed by atoms with Crippen molar-refractivity contribution < 1.29 is 0 Å². The minimum absolute atomic E-state index is 0.221. The van der Waals surface area contributed by atoms with E-state index in [1.807, 2.05) is 21.0 Å². The Balaban J connectivity index is 2.68. The largest absolute Gasteiger partial charge is 0.394 e. The number of rotatable bonds is 5. The van der Waals surface area contributed by atoms with Gasteiger partial charge in [-0.05, 0) is 52.5 Å². The number of halogens is 1. The molecule has 96 valence electrons. The van der Waals surface area contributed by atoms with Gasteiger partial charge in [-0.1, -0.05) is 0 Å². The fourth-order valence-electron chi connectivity index (χ4n) is 1.41. The van der Waals surface area contributed by atoms with Crippen molar-refractivity contribution in [2.75, 3.05) is 31.7 Å². The van der Waals surface area contributed by atoms with Crippen LogP contribution in [0, 0.1) is 6.92 Å². The lowest BCUT2D eigenvalue weighted by Gasteiger charge is -2.18. The average molecular weight is 258 g/mol. The Morgan fingerprint density at radius 1 is 1.41 bits per heavy atom. The number of nitrogens with one attached hydrogen (secondary N) is 1.